The molecule has 0 spiro atoms. The average Bonchev–Trinajstić information content (AvgIpc) is 3.28. The highest BCUT2D eigenvalue weighted by Crippen LogP contribution is 2.46. The number of nitrogens with zero attached hydrogens (tertiary/aromatic N) is 3. The summed E-state index contributed by atoms with van der Waals surface area (Å²) in [6.45, 7) is 1.28. The minimum absolute atomic E-state index is 0.0288. The van der Waals surface area contributed by atoms with Gasteiger partial charge in [-0.1, -0.05) is 18.7 Å². The molecule has 2 fully saturated rings. The monoisotopic (exact) mass is 320 g/mol. The van der Waals surface area contributed by atoms with Crippen molar-refractivity contribution < 1.29 is 13.2 Å². The highest BCUT2D eigenvalue weighted by atomic mass is 32.2. The molecule has 1 aromatic heterocycles. The van der Waals surface area contributed by atoms with Gasteiger partial charge in [0.25, 0.3) is 0 Å². The van der Waals surface area contributed by atoms with Gasteiger partial charge in [-0.15, -0.1) is 10.2 Å². The second-order valence-electron chi connectivity index (χ2n) is 5.89. The molecule has 1 heterocycles. The van der Waals surface area contributed by atoms with E-state index in [2.05, 4.69) is 20.1 Å². The molecule has 1 unspecified atom stereocenters. The number of hydrogen-bond acceptors (Lipinski definition) is 4. The first-order valence-corrected chi connectivity index (χ1v) is 8.21. The maximum absolute atomic E-state index is 12.1. The third kappa shape index (κ3) is 4.12. The van der Waals surface area contributed by atoms with Gasteiger partial charge in [-0.25, -0.2) is 0 Å². The number of thioether (sulfide) groups is 1. The number of aromatic nitrogens is 3. The molecule has 0 amide bonds. The zero-order chi connectivity index (χ0) is 15.0. The van der Waals surface area contributed by atoms with Crippen molar-refractivity contribution in [2.75, 3.05) is 13.1 Å². The third-order valence-corrected chi connectivity index (χ3v) is 4.67. The van der Waals surface area contributed by atoms with E-state index in [1.54, 1.807) is 0 Å². The van der Waals surface area contributed by atoms with Crippen molar-refractivity contribution in [1.29, 1.82) is 0 Å². The van der Waals surface area contributed by atoms with Gasteiger partial charge in [0.15, 0.2) is 5.16 Å². The number of hydrogen-bond donors (Lipinski definition) is 1. The van der Waals surface area contributed by atoms with Crippen LogP contribution >= 0.6 is 11.8 Å². The van der Waals surface area contributed by atoms with Gasteiger partial charge < -0.3 is 9.88 Å². The molecule has 0 saturated heterocycles. The number of alkyl halides is 3. The Morgan fingerprint density at radius 1 is 1.29 bits per heavy atom. The highest BCUT2D eigenvalue weighted by molar-refractivity contribution is 7.99. The van der Waals surface area contributed by atoms with E-state index in [4.69, 9.17) is 0 Å². The predicted molar refractivity (Wildman–Crippen MR) is 74.5 cm³/mol. The van der Waals surface area contributed by atoms with Gasteiger partial charge in [-0.2, -0.15) is 13.2 Å². The molecule has 2 aliphatic rings. The van der Waals surface area contributed by atoms with E-state index in [1.165, 1.54) is 24.6 Å². The molecule has 0 radical (unpaired) electrons. The summed E-state index contributed by atoms with van der Waals surface area (Å²) in [5.74, 6) is 1.63. The van der Waals surface area contributed by atoms with E-state index in [-0.39, 0.29) is 5.25 Å². The fourth-order valence-corrected chi connectivity index (χ4v) is 3.31. The zero-order valence-corrected chi connectivity index (χ0v) is 12.7. The van der Waals surface area contributed by atoms with Crippen LogP contribution in [0.15, 0.2) is 5.16 Å². The van der Waals surface area contributed by atoms with Gasteiger partial charge in [0.2, 0.25) is 0 Å². The number of nitrogens with one attached hydrogen (secondary N) is 1. The Labute approximate surface area is 125 Å². The predicted octanol–water partition coefficient (Wildman–Crippen LogP) is 3.12. The Kier molecular flexibility index (Phi) is 4.18. The SMILES string of the molecule is CC(CNCC(F)(F)F)Sc1nnc(C2CC2)n1C1CC1. The van der Waals surface area contributed by atoms with Crippen LogP contribution in [0.2, 0.25) is 0 Å². The molecule has 118 valence electrons. The molecular weight excluding hydrogens is 301 g/mol. The van der Waals surface area contributed by atoms with E-state index < -0.39 is 12.7 Å². The molecular formula is C13H19F3N4S. The first-order chi connectivity index (χ1) is 9.94. The normalized spacial score (nSPS) is 20.8. The third-order valence-electron chi connectivity index (χ3n) is 3.61. The summed E-state index contributed by atoms with van der Waals surface area (Å²) in [4.78, 5) is 0. The van der Waals surface area contributed by atoms with E-state index in [0.29, 0.717) is 18.5 Å². The zero-order valence-electron chi connectivity index (χ0n) is 11.9. The van der Waals surface area contributed by atoms with Gasteiger partial charge in [-0.3, -0.25) is 0 Å². The van der Waals surface area contributed by atoms with E-state index in [1.807, 2.05) is 6.92 Å². The summed E-state index contributed by atoms with van der Waals surface area (Å²) >= 11 is 1.51. The average molecular weight is 320 g/mol. The van der Waals surface area contributed by atoms with Gasteiger partial charge in [0.05, 0.1) is 6.54 Å². The minimum Gasteiger partial charge on any atom is -0.308 e. The molecule has 1 N–H and O–H groups in total. The Balaban J connectivity index is 1.57. The van der Waals surface area contributed by atoms with Crippen LogP contribution in [0.4, 0.5) is 13.2 Å². The van der Waals surface area contributed by atoms with Crippen LogP contribution in [0, 0.1) is 0 Å². The van der Waals surface area contributed by atoms with Gasteiger partial charge in [-0.05, 0) is 25.7 Å². The van der Waals surface area contributed by atoms with Crippen molar-refractivity contribution in [3.63, 3.8) is 0 Å². The Morgan fingerprint density at radius 2 is 2.00 bits per heavy atom. The minimum atomic E-state index is -4.16. The van der Waals surface area contributed by atoms with E-state index >= 15 is 0 Å². The van der Waals surface area contributed by atoms with E-state index in [0.717, 1.165) is 23.8 Å². The van der Waals surface area contributed by atoms with Crippen molar-refractivity contribution in [3.8, 4) is 0 Å². The summed E-state index contributed by atoms with van der Waals surface area (Å²) in [7, 11) is 0. The van der Waals surface area contributed by atoms with Crippen LogP contribution in [0.25, 0.3) is 0 Å². The Hall–Kier alpha value is -0.760. The summed E-state index contributed by atoms with van der Waals surface area (Å²) in [5.41, 5.74) is 0. The van der Waals surface area contributed by atoms with Crippen molar-refractivity contribution in [3.05, 3.63) is 5.82 Å². The van der Waals surface area contributed by atoms with Gasteiger partial charge >= 0.3 is 6.18 Å². The quantitative estimate of drug-likeness (QED) is 0.784. The van der Waals surface area contributed by atoms with Crippen LogP contribution < -0.4 is 5.32 Å². The van der Waals surface area contributed by atoms with Crippen LogP contribution in [0.3, 0.4) is 0 Å². The van der Waals surface area contributed by atoms with Gasteiger partial charge in [0.1, 0.15) is 5.82 Å². The van der Waals surface area contributed by atoms with Gasteiger partial charge in [0, 0.05) is 23.8 Å². The maximum Gasteiger partial charge on any atom is 0.401 e. The lowest BCUT2D eigenvalue weighted by molar-refractivity contribution is -0.124. The lowest BCUT2D eigenvalue weighted by atomic mass is 10.4. The molecule has 3 rings (SSSR count). The van der Waals surface area contributed by atoms with Crippen molar-refractivity contribution in [2.45, 2.75) is 61.1 Å². The smallest absolute Gasteiger partial charge is 0.308 e. The lowest BCUT2D eigenvalue weighted by Crippen LogP contribution is -2.32. The molecule has 2 saturated carbocycles. The number of halogens is 3. The molecule has 21 heavy (non-hydrogen) atoms. The van der Waals surface area contributed by atoms with Crippen LogP contribution in [-0.2, 0) is 0 Å². The lowest BCUT2D eigenvalue weighted by Gasteiger charge is -2.14. The highest BCUT2D eigenvalue weighted by Gasteiger charge is 2.36. The largest absolute Gasteiger partial charge is 0.401 e. The van der Waals surface area contributed by atoms with Crippen molar-refractivity contribution >= 4 is 11.8 Å². The molecule has 2 aliphatic carbocycles. The molecule has 0 aliphatic heterocycles. The Bertz CT molecular complexity index is 494. The van der Waals surface area contributed by atoms with Crippen LogP contribution in [0.1, 0.15) is 50.4 Å². The standard InChI is InChI=1S/C13H19F3N4S/c1-8(6-17-7-13(14,15)16)21-12-19-18-11(9-2-3-9)20(12)10-4-5-10/h8-10,17H,2-7H2,1H3. The van der Waals surface area contributed by atoms with Crippen molar-refractivity contribution in [1.82, 2.24) is 20.1 Å². The molecule has 8 heteroatoms. The summed E-state index contributed by atoms with van der Waals surface area (Å²) < 4.78 is 38.6. The molecule has 0 aromatic carbocycles. The second-order valence-corrected chi connectivity index (χ2v) is 7.30. The van der Waals surface area contributed by atoms with Crippen molar-refractivity contribution in [2.24, 2.45) is 0 Å². The Morgan fingerprint density at radius 3 is 2.57 bits per heavy atom. The first kappa shape index (κ1) is 15.1. The van der Waals surface area contributed by atoms with Crippen LogP contribution in [-0.4, -0.2) is 39.3 Å². The topological polar surface area (TPSA) is 42.7 Å². The fourth-order valence-electron chi connectivity index (χ4n) is 2.30. The second kappa shape index (κ2) is 5.79. The summed E-state index contributed by atoms with van der Waals surface area (Å²) in [6.07, 6.45) is 0.520. The van der Waals surface area contributed by atoms with E-state index in [9.17, 15) is 13.2 Å². The summed E-state index contributed by atoms with van der Waals surface area (Å²) in [6, 6.07) is 0.508. The summed E-state index contributed by atoms with van der Waals surface area (Å²) in [5, 5.41) is 11.9. The first-order valence-electron chi connectivity index (χ1n) is 7.33. The molecule has 4 nitrogen and oxygen atoms in total. The molecule has 1 atom stereocenters. The fraction of sp³-hybridized carbons (Fsp3) is 0.846. The molecule has 0 bridgehead atoms. The van der Waals surface area contributed by atoms with Crippen LogP contribution in [0.5, 0.6) is 0 Å². The maximum atomic E-state index is 12.1. The number of rotatable bonds is 7. The molecule has 1 aromatic rings.